The second-order valence-electron chi connectivity index (χ2n) is 4.54. The summed E-state index contributed by atoms with van der Waals surface area (Å²) in [4.78, 5) is 10.4. The lowest BCUT2D eigenvalue weighted by Crippen LogP contribution is -2.05. The number of hydrogen-bond donors (Lipinski definition) is 0. The maximum Gasteiger partial charge on any atom is 0.270 e. The fraction of sp³-hybridized carbons (Fsp3) is 0.417. The lowest BCUT2D eigenvalue weighted by molar-refractivity contribution is -0.384. The maximum absolute atomic E-state index is 10.9. The number of rotatable bonds is 6. The van der Waals surface area contributed by atoms with Crippen molar-refractivity contribution >= 4 is 17.4 Å². The Morgan fingerprint density at radius 3 is 2.86 bits per heavy atom. The zero-order chi connectivity index (χ0) is 15.4. The lowest BCUT2D eigenvalue weighted by Gasteiger charge is -2.09. The molecule has 8 nitrogen and oxygen atoms in total. The van der Waals surface area contributed by atoms with E-state index in [4.69, 9.17) is 4.74 Å². The molecule has 0 saturated carbocycles. The van der Waals surface area contributed by atoms with Crippen LogP contribution in [0.4, 0.5) is 5.69 Å². The number of nitrogens with zero attached hydrogens (tertiary/aromatic N) is 5. The molecule has 21 heavy (non-hydrogen) atoms. The molecule has 0 aliphatic heterocycles. The quantitative estimate of drug-likeness (QED) is 0.459. The van der Waals surface area contributed by atoms with Gasteiger partial charge < -0.3 is 4.74 Å². The van der Waals surface area contributed by atoms with Crippen LogP contribution in [0, 0.1) is 10.1 Å². The average molecular weight is 309 g/mol. The summed E-state index contributed by atoms with van der Waals surface area (Å²) in [5, 5.41) is 23.0. The highest BCUT2D eigenvalue weighted by Gasteiger charge is 2.14. The van der Waals surface area contributed by atoms with Gasteiger partial charge in [0.2, 0.25) is 5.16 Å². The molecule has 0 unspecified atom stereocenters. The van der Waals surface area contributed by atoms with E-state index in [1.165, 1.54) is 31.0 Å². The van der Waals surface area contributed by atoms with Crippen molar-refractivity contribution in [3.8, 4) is 5.75 Å². The van der Waals surface area contributed by atoms with E-state index in [1.807, 2.05) is 13.8 Å². The molecular formula is C12H15N5O3S. The number of thioether (sulfide) groups is 1. The van der Waals surface area contributed by atoms with E-state index in [0.29, 0.717) is 16.7 Å². The Morgan fingerprint density at radius 2 is 2.24 bits per heavy atom. The third-order valence-electron chi connectivity index (χ3n) is 2.78. The highest BCUT2D eigenvalue weighted by molar-refractivity contribution is 7.98. The van der Waals surface area contributed by atoms with Gasteiger partial charge >= 0.3 is 0 Å². The zero-order valence-electron chi connectivity index (χ0n) is 11.9. The van der Waals surface area contributed by atoms with Gasteiger partial charge in [0.05, 0.1) is 18.1 Å². The SMILES string of the molecule is COc1ccc([N+](=O)[O-])cc1CSc1nnnn1C(C)C. The third-order valence-corrected chi connectivity index (χ3v) is 3.77. The van der Waals surface area contributed by atoms with Gasteiger partial charge in [-0.15, -0.1) is 5.10 Å². The van der Waals surface area contributed by atoms with Crippen LogP contribution in [-0.4, -0.2) is 32.2 Å². The fourth-order valence-corrected chi connectivity index (χ4v) is 2.72. The van der Waals surface area contributed by atoms with Crippen LogP contribution in [0.15, 0.2) is 23.4 Å². The molecule has 0 atom stereocenters. The number of non-ortho nitro benzene ring substituents is 1. The Hall–Kier alpha value is -2.16. The fourth-order valence-electron chi connectivity index (χ4n) is 1.74. The van der Waals surface area contributed by atoms with E-state index >= 15 is 0 Å². The van der Waals surface area contributed by atoms with Crippen LogP contribution in [0.25, 0.3) is 0 Å². The van der Waals surface area contributed by atoms with Gasteiger partial charge in [0.15, 0.2) is 0 Å². The van der Waals surface area contributed by atoms with Crippen LogP contribution in [0.3, 0.4) is 0 Å². The summed E-state index contributed by atoms with van der Waals surface area (Å²) in [7, 11) is 1.54. The molecule has 0 aliphatic carbocycles. The first-order valence-corrected chi connectivity index (χ1v) is 7.23. The zero-order valence-corrected chi connectivity index (χ0v) is 12.7. The summed E-state index contributed by atoms with van der Waals surface area (Å²) in [6, 6.07) is 4.68. The molecule has 0 fully saturated rings. The number of aromatic nitrogens is 4. The van der Waals surface area contributed by atoms with E-state index in [0.717, 1.165) is 5.56 Å². The Labute approximate surface area is 125 Å². The third kappa shape index (κ3) is 3.48. The molecule has 0 spiro atoms. The van der Waals surface area contributed by atoms with E-state index in [2.05, 4.69) is 15.5 Å². The first-order chi connectivity index (χ1) is 10.0. The maximum atomic E-state index is 10.9. The number of hydrogen-bond acceptors (Lipinski definition) is 7. The summed E-state index contributed by atoms with van der Waals surface area (Å²) in [5.74, 6) is 1.09. The van der Waals surface area contributed by atoms with Crippen LogP contribution in [0.1, 0.15) is 25.5 Å². The number of tetrazole rings is 1. The van der Waals surface area contributed by atoms with Gasteiger partial charge in [0, 0.05) is 23.4 Å². The molecular weight excluding hydrogens is 294 g/mol. The van der Waals surface area contributed by atoms with Crippen LogP contribution in [-0.2, 0) is 5.75 Å². The monoisotopic (exact) mass is 309 g/mol. The molecule has 0 saturated heterocycles. The van der Waals surface area contributed by atoms with Gasteiger partial charge in [0.25, 0.3) is 5.69 Å². The second kappa shape index (κ2) is 6.53. The highest BCUT2D eigenvalue weighted by atomic mass is 32.2. The lowest BCUT2D eigenvalue weighted by atomic mass is 10.2. The van der Waals surface area contributed by atoms with E-state index < -0.39 is 4.92 Å². The van der Waals surface area contributed by atoms with Crippen molar-refractivity contribution in [3.05, 3.63) is 33.9 Å². The van der Waals surface area contributed by atoms with E-state index in [1.54, 1.807) is 10.7 Å². The highest BCUT2D eigenvalue weighted by Crippen LogP contribution is 2.30. The molecule has 0 bridgehead atoms. The van der Waals surface area contributed by atoms with Crippen molar-refractivity contribution in [3.63, 3.8) is 0 Å². The standard InChI is InChI=1S/C12H15N5O3S/c1-8(2)16-12(13-14-15-16)21-7-9-6-10(17(18)19)4-5-11(9)20-3/h4-6,8H,7H2,1-3H3. The first-order valence-electron chi connectivity index (χ1n) is 6.25. The van der Waals surface area contributed by atoms with Crippen molar-refractivity contribution in [1.82, 2.24) is 20.2 Å². The van der Waals surface area contributed by atoms with Crippen molar-refractivity contribution in [2.45, 2.75) is 30.8 Å². The Morgan fingerprint density at radius 1 is 1.48 bits per heavy atom. The van der Waals surface area contributed by atoms with Crippen molar-refractivity contribution in [2.24, 2.45) is 0 Å². The van der Waals surface area contributed by atoms with Gasteiger partial charge in [-0.05, 0) is 30.3 Å². The molecule has 1 aromatic carbocycles. The molecule has 2 rings (SSSR count). The number of ether oxygens (including phenoxy) is 1. The number of methoxy groups -OCH3 is 1. The van der Waals surface area contributed by atoms with Gasteiger partial charge in [-0.1, -0.05) is 11.8 Å². The molecule has 0 radical (unpaired) electrons. The van der Waals surface area contributed by atoms with Gasteiger partial charge in [0.1, 0.15) is 5.75 Å². The minimum Gasteiger partial charge on any atom is -0.496 e. The minimum absolute atomic E-state index is 0.0369. The summed E-state index contributed by atoms with van der Waals surface area (Å²) in [6.45, 7) is 3.96. The summed E-state index contributed by atoms with van der Waals surface area (Å²) < 4.78 is 6.94. The van der Waals surface area contributed by atoms with Gasteiger partial charge in [-0.3, -0.25) is 10.1 Å². The van der Waals surface area contributed by atoms with Gasteiger partial charge in [-0.2, -0.15) is 0 Å². The smallest absolute Gasteiger partial charge is 0.270 e. The molecule has 112 valence electrons. The number of nitro benzene ring substituents is 1. The van der Waals surface area contributed by atoms with Crippen molar-refractivity contribution in [1.29, 1.82) is 0 Å². The Bertz CT molecular complexity index is 644. The first kappa shape index (κ1) is 15.2. The summed E-state index contributed by atoms with van der Waals surface area (Å²) in [6.07, 6.45) is 0. The van der Waals surface area contributed by atoms with Crippen LogP contribution in [0.5, 0.6) is 5.75 Å². The minimum atomic E-state index is -0.425. The second-order valence-corrected chi connectivity index (χ2v) is 5.48. The van der Waals surface area contributed by atoms with Crippen molar-refractivity contribution in [2.75, 3.05) is 7.11 Å². The molecule has 1 heterocycles. The van der Waals surface area contributed by atoms with E-state index in [9.17, 15) is 10.1 Å². The number of nitro groups is 1. The topological polar surface area (TPSA) is 96.0 Å². The molecule has 0 N–H and O–H groups in total. The molecule has 0 aliphatic rings. The normalized spacial score (nSPS) is 10.9. The summed E-state index contributed by atoms with van der Waals surface area (Å²) in [5.41, 5.74) is 0.768. The number of benzene rings is 1. The van der Waals surface area contributed by atoms with Crippen LogP contribution < -0.4 is 4.74 Å². The Kier molecular flexibility index (Phi) is 4.73. The molecule has 0 amide bonds. The molecule has 2 aromatic rings. The van der Waals surface area contributed by atoms with Gasteiger partial charge in [-0.25, -0.2) is 4.68 Å². The van der Waals surface area contributed by atoms with Crippen molar-refractivity contribution < 1.29 is 9.66 Å². The Balaban J connectivity index is 2.20. The predicted molar refractivity (Wildman–Crippen MR) is 77.4 cm³/mol. The predicted octanol–water partition coefficient (Wildman–Crippen LogP) is 2.46. The summed E-state index contributed by atoms with van der Waals surface area (Å²) >= 11 is 1.41. The average Bonchev–Trinajstić information content (AvgIpc) is 2.93. The molecule has 9 heteroatoms. The van der Waals surface area contributed by atoms with E-state index in [-0.39, 0.29) is 11.7 Å². The molecule has 1 aromatic heterocycles. The van der Waals surface area contributed by atoms with Crippen LogP contribution >= 0.6 is 11.8 Å². The van der Waals surface area contributed by atoms with Crippen LogP contribution in [0.2, 0.25) is 0 Å². The largest absolute Gasteiger partial charge is 0.496 e.